The highest BCUT2D eigenvalue weighted by atomic mass is 19.4. The van der Waals surface area contributed by atoms with Gasteiger partial charge in [0.15, 0.2) is 6.79 Å². The Kier molecular flexibility index (Phi) is 4.99. The van der Waals surface area contributed by atoms with Crippen LogP contribution in [0.25, 0.3) is 0 Å². The maximum Gasteiger partial charge on any atom is 0.411 e. The van der Waals surface area contributed by atoms with Crippen molar-refractivity contribution in [2.75, 3.05) is 20.5 Å². The second kappa shape index (κ2) is 6.28. The van der Waals surface area contributed by atoms with E-state index in [1.807, 2.05) is 0 Å². The molecule has 1 aromatic carbocycles. The number of hydrogen-bond donors (Lipinski definition) is 1. The maximum absolute atomic E-state index is 11.8. The van der Waals surface area contributed by atoms with Crippen LogP contribution in [0, 0.1) is 0 Å². The molecule has 0 aliphatic heterocycles. The molecule has 0 fully saturated rings. The predicted octanol–water partition coefficient (Wildman–Crippen LogP) is 2.31. The number of halogens is 3. The van der Waals surface area contributed by atoms with E-state index in [9.17, 15) is 18.0 Å². The lowest BCUT2D eigenvalue weighted by molar-refractivity contribution is -0.186. The van der Waals surface area contributed by atoms with Crippen LogP contribution >= 0.6 is 0 Å². The van der Waals surface area contributed by atoms with Crippen LogP contribution in [0.2, 0.25) is 0 Å². The quantitative estimate of drug-likeness (QED) is 0.640. The molecule has 8 heteroatoms. The van der Waals surface area contributed by atoms with Crippen molar-refractivity contribution in [3.05, 3.63) is 23.8 Å². The third-order valence-electron chi connectivity index (χ3n) is 1.98. The second-order valence-electron chi connectivity index (χ2n) is 3.39. The highest BCUT2D eigenvalue weighted by molar-refractivity contribution is 5.91. The Hall–Kier alpha value is -1.96. The fraction of sp³-hybridized carbons (Fsp3) is 0.364. The van der Waals surface area contributed by atoms with E-state index in [4.69, 9.17) is 14.6 Å². The van der Waals surface area contributed by atoms with E-state index in [0.29, 0.717) is 5.75 Å². The number of alkyl halides is 3. The number of carboxylic acids is 1. The molecule has 0 atom stereocenters. The van der Waals surface area contributed by atoms with Gasteiger partial charge in [0.25, 0.3) is 0 Å². The van der Waals surface area contributed by atoms with Crippen molar-refractivity contribution in [3.63, 3.8) is 0 Å². The lowest BCUT2D eigenvalue weighted by Gasteiger charge is -2.11. The number of methoxy groups -OCH3 is 1. The second-order valence-corrected chi connectivity index (χ2v) is 3.39. The lowest BCUT2D eigenvalue weighted by atomic mass is 10.2. The van der Waals surface area contributed by atoms with Crippen molar-refractivity contribution < 1.29 is 37.3 Å². The molecule has 5 nitrogen and oxygen atoms in total. The Morgan fingerprint density at radius 2 is 2.05 bits per heavy atom. The van der Waals surface area contributed by atoms with E-state index >= 15 is 0 Å². The van der Waals surface area contributed by atoms with Gasteiger partial charge in [0.1, 0.15) is 23.7 Å². The first-order chi connectivity index (χ1) is 8.83. The molecule has 0 aliphatic carbocycles. The van der Waals surface area contributed by atoms with Gasteiger partial charge in [0, 0.05) is 0 Å². The zero-order valence-electron chi connectivity index (χ0n) is 9.86. The normalized spacial score (nSPS) is 11.2. The van der Waals surface area contributed by atoms with Gasteiger partial charge in [0.05, 0.1) is 7.11 Å². The SMILES string of the molecule is COc1ccc(OCOCC(F)(F)F)c(C(=O)O)c1. The summed E-state index contributed by atoms with van der Waals surface area (Å²) in [5.41, 5.74) is -0.227. The Morgan fingerprint density at radius 3 is 2.58 bits per heavy atom. The summed E-state index contributed by atoms with van der Waals surface area (Å²) in [6.07, 6.45) is -4.46. The Bertz CT molecular complexity index is 444. The minimum absolute atomic E-state index is 0.101. The largest absolute Gasteiger partial charge is 0.497 e. The van der Waals surface area contributed by atoms with Crippen molar-refractivity contribution in [3.8, 4) is 11.5 Å². The Morgan fingerprint density at radius 1 is 1.37 bits per heavy atom. The maximum atomic E-state index is 11.8. The third kappa shape index (κ3) is 5.04. The molecule has 1 N–H and O–H groups in total. The summed E-state index contributed by atoms with van der Waals surface area (Å²) in [5.74, 6) is -1.10. The number of rotatable bonds is 6. The highest BCUT2D eigenvalue weighted by Gasteiger charge is 2.27. The Balaban J connectivity index is 2.65. The summed E-state index contributed by atoms with van der Waals surface area (Å²) in [6, 6.07) is 3.90. The molecular weight excluding hydrogens is 269 g/mol. The van der Waals surface area contributed by atoms with E-state index in [0.717, 1.165) is 0 Å². The minimum atomic E-state index is -4.46. The molecule has 0 unspecified atom stereocenters. The highest BCUT2D eigenvalue weighted by Crippen LogP contribution is 2.24. The van der Waals surface area contributed by atoms with Gasteiger partial charge >= 0.3 is 12.1 Å². The lowest BCUT2D eigenvalue weighted by Crippen LogP contribution is -2.19. The van der Waals surface area contributed by atoms with Gasteiger partial charge < -0.3 is 19.3 Å². The topological polar surface area (TPSA) is 65.0 Å². The van der Waals surface area contributed by atoms with Gasteiger partial charge in [-0.1, -0.05) is 0 Å². The molecule has 0 bridgehead atoms. The molecule has 0 amide bonds. The van der Waals surface area contributed by atoms with E-state index < -0.39 is 25.5 Å². The van der Waals surface area contributed by atoms with Crippen LogP contribution in [0.5, 0.6) is 11.5 Å². The molecule has 0 radical (unpaired) electrons. The van der Waals surface area contributed by atoms with Crippen molar-refractivity contribution in [2.24, 2.45) is 0 Å². The zero-order valence-corrected chi connectivity index (χ0v) is 9.86. The van der Waals surface area contributed by atoms with Crippen molar-refractivity contribution in [2.45, 2.75) is 6.18 Å². The number of carboxylic acid groups (broad SMARTS) is 1. The van der Waals surface area contributed by atoms with E-state index in [1.165, 1.54) is 25.3 Å². The third-order valence-corrected chi connectivity index (χ3v) is 1.98. The molecular formula is C11H11F3O5. The molecule has 0 aliphatic rings. The van der Waals surface area contributed by atoms with Gasteiger partial charge in [-0.2, -0.15) is 13.2 Å². The minimum Gasteiger partial charge on any atom is -0.497 e. The van der Waals surface area contributed by atoms with Crippen molar-refractivity contribution in [1.82, 2.24) is 0 Å². The van der Waals surface area contributed by atoms with Crippen molar-refractivity contribution in [1.29, 1.82) is 0 Å². The summed E-state index contributed by atoms with van der Waals surface area (Å²) in [7, 11) is 1.36. The number of hydrogen-bond acceptors (Lipinski definition) is 4. The average molecular weight is 280 g/mol. The van der Waals surface area contributed by atoms with Gasteiger partial charge in [-0.05, 0) is 18.2 Å². The molecule has 106 valence electrons. The van der Waals surface area contributed by atoms with Crippen LogP contribution in [0.1, 0.15) is 10.4 Å². The average Bonchev–Trinajstić information content (AvgIpc) is 2.33. The number of ether oxygens (including phenoxy) is 3. The van der Waals surface area contributed by atoms with E-state index in [1.54, 1.807) is 0 Å². The molecule has 19 heavy (non-hydrogen) atoms. The molecule has 0 aromatic heterocycles. The predicted molar refractivity (Wildman–Crippen MR) is 57.5 cm³/mol. The summed E-state index contributed by atoms with van der Waals surface area (Å²) >= 11 is 0. The smallest absolute Gasteiger partial charge is 0.411 e. The van der Waals surface area contributed by atoms with Gasteiger partial charge in [-0.15, -0.1) is 0 Å². The molecule has 0 heterocycles. The molecule has 1 aromatic rings. The number of benzene rings is 1. The first kappa shape index (κ1) is 15.1. The van der Waals surface area contributed by atoms with Gasteiger partial charge in [-0.3, -0.25) is 0 Å². The summed E-state index contributed by atoms with van der Waals surface area (Å²) in [5, 5.41) is 8.92. The van der Waals surface area contributed by atoms with Crippen LogP contribution in [0.4, 0.5) is 13.2 Å². The van der Waals surface area contributed by atoms with Crippen LogP contribution in [0.3, 0.4) is 0 Å². The zero-order chi connectivity index (χ0) is 14.5. The van der Waals surface area contributed by atoms with Crippen LogP contribution in [0.15, 0.2) is 18.2 Å². The van der Waals surface area contributed by atoms with Crippen LogP contribution < -0.4 is 9.47 Å². The molecule has 0 saturated heterocycles. The van der Waals surface area contributed by atoms with Gasteiger partial charge in [-0.25, -0.2) is 4.79 Å². The number of carbonyl (C=O) groups is 1. The molecule has 0 spiro atoms. The number of aromatic carboxylic acids is 1. The standard InChI is InChI=1S/C11H11F3O5/c1-17-7-2-3-9(8(4-7)10(15)16)19-6-18-5-11(12,13)14/h2-4H,5-6H2,1H3,(H,15,16). The first-order valence-corrected chi connectivity index (χ1v) is 5.02. The molecule has 0 saturated carbocycles. The van der Waals surface area contributed by atoms with E-state index in [-0.39, 0.29) is 11.3 Å². The summed E-state index contributed by atoms with van der Waals surface area (Å²) < 4.78 is 49.3. The monoisotopic (exact) mass is 280 g/mol. The van der Waals surface area contributed by atoms with Crippen LogP contribution in [-0.2, 0) is 4.74 Å². The van der Waals surface area contributed by atoms with Crippen molar-refractivity contribution >= 4 is 5.97 Å². The summed E-state index contributed by atoms with van der Waals surface area (Å²) in [6.45, 7) is -2.17. The fourth-order valence-corrected chi connectivity index (χ4v) is 1.19. The van der Waals surface area contributed by atoms with E-state index in [2.05, 4.69) is 4.74 Å². The fourth-order valence-electron chi connectivity index (χ4n) is 1.19. The first-order valence-electron chi connectivity index (χ1n) is 5.02. The van der Waals surface area contributed by atoms with Crippen LogP contribution in [-0.4, -0.2) is 37.8 Å². The summed E-state index contributed by atoms with van der Waals surface area (Å²) in [4.78, 5) is 10.9. The Labute approximate surface area is 106 Å². The van der Waals surface area contributed by atoms with Gasteiger partial charge in [0.2, 0.25) is 0 Å². The molecule has 1 rings (SSSR count).